The lowest BCUT2D eigenvalue weighted by Crippen LogP contribution is -2.34. The van der Waals surface area contributed by atoms with E-state index in [2.05, 4.69) is 0 Å². The lowest BCUT2D eigenvalue weighted by Gasteiger charge is -2.20. The SMILES string of the molecule is CC(=O)c1ccc(O[C@@H]2[C@H](O)CO[C@H]2/C=C/c2ccc(Cl)cc2)cc1. The zero-order chi connectivity index (χ0) is 17.8. The summed E-state index contributed by atoms with van der Waals surface area (Å²) in [5.74, 6) is 0.587. The number of hydrogen-bond acceptors (Lipinski definition) is 4. The summed E-state index contributed by atoms with van der Waals surface area (Å²) in [4.78, 5) is 11.3. The number of aliphatic hydroxyl groups is 1. The molecule has 0 aromatic heterocycles. The van der Waals surface area contributed by atoms with Gasteiger partial charge in [-0.2, -0.15) is 0 Å². The van der Waals surface area contributed by atoms with Crippen molar-refractivity contribution >= 4 is 23.5 Å². The van der Waals surface area contributed by atoms with Crippen molar-refractivity contribution in [2.75, 3.05) is 6.61 Å². The molecule has 25 heavy (non-hydrogen) atoms. The van der Waals surface area contributed by atoms with Gasteiger partial charge < -0.3 is 14.6 Å². The van der Waals surface area contributed by atoms with Gasteiger partial charge >= 0.3 is 0 Å². The van der Waals surface area contributed by atoms with Crippen LogP contribution in [0.4, 0.5) is 0 Å². The minimum atomic E-state index is -0.715. The molecule has 4 nitrogen and oxygen atoms in total. The molecule has 1 saturated heterocycles. The maximum Gasteiger partial charge on any atom is 0.159 e. The van der Waals surface area contributed by atoms with Gasteiger partial charge in [0.1, 0.15) is 18.0 Å². The maximum atomic E-state index is 11.3. The van der Waals surface area contributed by atoms with E-state index in [1.807, 2.05) is 36.4 Å². The monoisotopic (exact) mass is 358 g/mol. The van der Waals surface area contributed by atoms with Crippen molar-refractivity contribution in [2.45, 2.75) is 25.2 Å². The Kier molecular flexibility index (Phi) is 5.53. The van der Waals surface area contributed by atoms with Crippen molar-refractivity contribution in [3.05, 3.63) is 70.8 Å². The van der Waals surface area contributed by atoms with Gasteiger partial charge in [0.25, 0.3) is 0 Å². The Balaban J connectivity index is 1.69. The van der Waals surface area contributed by atoms with E-state index < -0.39 is 12.2 Å². The summed E-state index contributed by atoms with van der Waals surface area (Å²) in [7, 11) is 0. The molecule has 5 heteroatoms. The van der Waals surface area contributed by atoms with Gasteiger partial charge in [-0.05, 0) is 48.9 Å². The number of carbonyl (C=O) groups is 1. The van der Waals surface area contributed by atoms with Crippen molar-refractivity contribution in [2.24, 2.45) is 0 Å². The standard InChI is InChI=1S/C20H19ClO4/c1-13(22)15-5-9-17(10-6-15)25-20-18(23)12-24-19(20)11-4-14-2-7-16(21)8-3-14/h2-11,18-20,23H,12H2,1H3/b11-4+/t18-,19+,20-/m1/s1. The van der Waals surface area contributed by atoms with Gasteiger partial charge in [-0.3, -0.25) is 4.79 Å². The Hall–Kier alpha value is -2.14. The van der Waals surface area contributed by atoms with Crippen LogP contribution in [0.15, 0.2) is 54.6 Å². The number of Topliss-reactive ketones (excluding diaryl/α,β-unsaturated/α-hetero) is 1. The second kappa shape index (κ2) is 7.83. The Morgan fingerprint density at radius 2 is 1.88 bits per heavy atom. The first-order valence-electron chi connectivity index (χ1n) is 8.04. The van der Waals surface area contributed by atoms with Crippen molar-refractivity contribution in [3.8, 4) is 5.75 Å². The van der Waals surface area contributed by atoms with Gasteiger partial charge in [0.15, 0.2) is 11.9 Å². The molecule has 1 N–H and O–H groups in total. The molecule has 1 aliphatic rings. The van der Waals surface area contributed by atoms with Crippen molar-refractivity contribution in [1.29, 1.82) is 0 Å². The molecular weight excluding hydrogens is 340 g/mol. The second-order valence-electron chi connectivity index (χ2n) is 5.94. The van der Waals surface area contributed by atoms with Crippen LogP contribution in [0.2, 0.25) is 5.02 Å². The van der Waals surface area contributed by atoms with Crippen LogP contribution in [0.5, 0.6) is 5.75 Å². The van der Waals surface area contributed by atoms with Crippen LogP contribution in [0, 0.1) is 0 Å². The van der Waals surface area contributed by atoms with Crippen LogP contribution in [-0.2, 0) is 4.74 Å². The van der Waals surface area contributed by atoms with E-state index in [0.29, 0.717) is 16.3 Å². The molecule has 0 saturated carbocycles. The van der Waals surface area contributed by atoms with E-state index in [-0.39, 0.29) is 18.5 Å². The molecule has 0 unspecified atom stereocenters. The number of halogens is 1. The normalized spacial score (nSPS) is 23.1. The van der Waals surface area contributed by atoms with E-state index >= 15 is 0 Å². The van der Waals surface area contributed by atoms with Crippen molar-refractivity contribution in [1.82, 2.24) is 0 Å². The third-order valence-corrected chi connectivity index (χ3v) is 4.30. The van der Waals surface area contributed by atoms with Crippen molar-refractivity contribution < 1.29 is 19.4 Å². The van der Waals surface area contributed by atoms with Crippen molar-refractivity contribution in [3.63, 3.8) is 0 Å². The highest BCUT2D eigenvalue weighted by atomic mass is 35.5. The smallest absolute Gasteiger partial charge is 0.159 e. The number of ketones is 1. The highest BCUT2D eigenvalue weighted by Gasteiger charge is 2.36. The number of benzene rings is 2. The summed E-state index contributed by atoms with van der Waals surface area (Å²) in [6, 6.07) is 14.3. The van der Waals surface area contributed by atoms with Crippen LogP contribution in [0.25, 0.3) is 6.08 Å². The van der Waals surface area contributed by atoms with Crippen LogP contribution < -0.4 is 4.74 Å². The maximum absolute atomic E-state index is 11.3. The lowest BCUT2D eigenvalue weighted by molar-refractivity contribution is 0.0612. The zero-order valence-electron chi connectivity index (χ0n) is 13.8. The van der Waals surface area contributed by atoms with Gasteiger partial charge in [0.2, 0.25) is 0 Å². The molecule has 0 bridgehead atoms. The number of ether oxygens (including phenoxy) is 2. The van der Waals surface area contributed by atoms with E-state index in [1.165, 1.54) is 6.92 Å². The van der Waals surface area contributed by atoms with Crippen LogP contribution in [0.3, 0.4) is 0 Å². The molecule has 3 rings (SSSR count). The lowest BCUT2D eigenvalue weighted by atomic mass is 10.1. The summed E-state index contributed by atoms with van der Waals surface area (Å²) >= 11 is 5.88. The first kappa shape index (κ1) is 17.7. The molecule has 0 aliphatic carbocycles. The Morgan fingerprint density at radius 1 is 1.20 bits per heavy atom. The summed E-state index contributed by atoms with van der Waals surface area (Å²) in [5.41, 5.74) is 1.61. The second-order valence-corrected chi connectivity index (χ2v) is 6.38. The molecule has 3 atom stereocenters. The predicted octanol–water partition coefficient (Wildman–Crippen LogP) is 3.76. The van der Waals surface area contributed by atoms with E-state index in [9.17, 15) is 9.90 Å². The van der Waals surface area contributed by atoms with Gasteiger partial charge in [-0.25, -0.2) is 0 Å². The van der Waals surface area contributed by atoms with Gasteiger partial charge in [0.05, 0.1) is 6.61 Å². The minimum Gasteiger partial charge on any atom is -0.485 e. The molecular formula is C20H19ClO4. The molecule has 130 valence electrons. The average Bonchev–Trinajstić information content (AvgIpc) is 2.95. The number of carbonyl (C=O) groups excluding carboxylic acids is 1. The molecule has 2 aromatic carbocycles. The Bertz CT molecular complexity index is 752. The summed E-state index contributed by atoms with van der Waals surface area (Å²) in [6.45, 7) is 1.73. The van der Waals surface area contributed by atoms with Crippen LogP contribution >= 0.6 is 11.6 Å². The number of hydrogen-bond donors (Lipinski definition) is 1. The minimum absolute atomic E-state index is 0.000409. The summed E-state index contributed by atoms with van der Waals surface area (Å²) < 4.78 is 11.5. The molecule has 0 radical (unpaired) electrons. The Morgan fingerprint density at radius 3 is 2.52 bits per heavy atom. The van der Waals surface area contributed by atoms with Gasteiger partial charge in [-0.15, -0.1) is 0 Å². The summed E-state index contributed by atoms with van der Waals surface area (Å²) in [6.07, 6.45) is 2.19. The van der Waals surface area contributed by atoms with Crippen LogP contribution in [0.1, 0.15) is 22.8 Å². The largest absolute Gasteiger partial charge is 0.485 e. The van der Waals surface area contributed by atoms with Gasteiger partial charge in [-0.1, -0.05) is 35.9 Å². The zero-order valence-corrected chi connectivity index (χ0v) is 14.5. The molecule has 1 fully saturated rings. The molecule has 2 aromatic rings. The van der Waals surface area contributed by atoms with E-state index in [1.54, 1.807) is 24.3 Å². The molecule has 0 spiro atoms. The fourth-order valence-electron chi connectivity index (χ4n) is 2.63. The summed E-state index contributed by atoms with van der Waals surface area (Å²) in [5, 5.41) is 10.8. The van der Waals surface area contributed by atoms with Crippen LogP contribution in [-0.4, -0.2) is 35.8 Å². The van der Waals surface area contributed by atoms with E-state index in [4.69, 9.17) is 21.1 Å². The predicted molar refractivity (Wildman–Crippen MR) is 97.1 cm³/mol. The van der Waals surface area contributed by atoms with Gasteiger partial charge in [0, 0.05) is 10.6 Å². The quantitative estimate of drug-likeness (QED) is 0.827. The Labute approximate surface area is 151 Å². The molecule has 1 aliphatic heterocycles. The highest BCUT2D eigenvalue weighted by molar-refractivity contribution is 6.30. The number of rotatable bonds is 5. The topological polar surface area (TPSA) is 55.8 Å². The number of aliphatic hydroxyl groups excluding tert-OH is 1. The first-order chi connectivity index (χ1) is 12.0. The molecule has 0 amide bonds. The highest BCUT2D eigenvalue weighted by Crippen LogP contribution is 2.24. The van der Waals surface area contributed by atoms with E-state index in [0.717, 1.165) is 5.56 Å². The fourth-order valence-corrected chi connectivity index (χ4v) is 2.76. The average molecular weight is 359 g/mol. The third-order valence-electron chi connectivity index (χ3n) is 4.04. The molecule has 1 heterocycles. The fraction of sp³-hybridized carbons (Fsp3) is 0.250. The first-order valence-corrected chi connectivity index (χ1v) is 8.42. The third kappa shape index (κ3) is 4.48.